The molecule has 17 heavy (non-hydrogen) atoms. The fourth-order valence-electron chi connectivity index (χ4n) is 2.31. The summed E-state index contributed by atoms with van der Waals surface area (Å²) in [5.41, 5.74) is 1.64. The van der Waals surface area contributed by atoms with Crippen LogP contribution in [0, 0.1) is 0 Å². The summed E-state index contributed by atoms with van der Waals surface area (Å²) in [6.07, 6.45) is 0.930. The van der Waals surface area contributed by atoms with Crippen LogP contribution in [0.4, 0.5) is 5.69 Å². The van der Waals surface area contributed by atoms with Crippen LogP contribution in [0.3, 0.4) is 0 Å². The van der Waals surface area contributed by atoms with Gasteiger partial charge in [0.25, 0.3) is 5.91 Å². The lowest BCUT2D eigenvalue weighted by atomic mass is 10.1. The molecule has 1 aromatic rings. The summed E-state index contributed by atoms with van der Waals surface area (Å²) in [5, 5.41) is 3.28. The number of carbonyl (C=O) groups excluding carboxylic acids is 1. The van der Waals surface area contributed by atoms with Gasteiger partial charge in [0, 0.05) is 16.8 Å². The summed E-state index contributed by atoms with van der Waals surface area (Å²) >= 11 is 3.41. The zero-order chi connectivity index (χ0) is 11.8. The highest BCUT2D eigenvalue weighted by Gasteiger charge is 2.31. The number of hydrogen-bond donors (Lipinski definition) is 1. The fraction of sp³-hybridized carbons (Fsp3) is 0.417. The number of amides is 1. The van der Waals surface area contributed by atoms with E-state index >= 15 is 0 Å². The second-order valence-electron chi connectivity index (χ2n) is 4.32. The molecule has 1 fully saturated rings. The molecule has 1 atom stereocenters. The van der Waals surface area contributed by atoms with E-state index in [0.717, 1.165) is 28.8 Å². The van der Waals surface area contributed by atoms with Crippen LogP contribution in [0.25, 0.3) is 0 Å². The zero-order valence-corrected chi connectivity index (χ0v) is 10.9. The van der Waals surface area contributed by atoms with Gasteiger partial charge in [-0.05, 0) is 24.6 Å². The van der Waals surface area contributed by atoms with Crippen molar-refractivity contribution in [2.45, 2.75) is 12.5 Å². The van der Waals surface area contributed by atoms with Gasteiger partial charge in [-0.25, -0.2) is 0 Å². The molecule has 2 heterocycles. The Balaban J connectivity index is 1.89. The molecule has 2 aliphatic rings. The minimum atomic E-state index is 0.0988. The average molecular weight is 297 g/mol. The minimum absolute atomic E-state index is 0.0988. The maximum atomic E-state index is 12.3. The molecule has 1 N–H and O–H groups in total. The molecule has 90 valence electrons. The van der Waals surface area contributed by atoms with Gasteiger partial charge in [-0.3, -0.25) is 4.79 Å². The lowest BCUT2D eigenvalue weighted by Crippen LogP contribution is -2.46. The molecule has 3 rings (SSSR count). The topological polar surface area (TPSA) is 41.6 Å². The van der Waals surface area contributed by atoms with Crippen molar-refractivity contribution >= 4 is 27.5 Å². The third-order valence-corrected chi connectivity index (χ3v) is 3.75. The largest absolute Gasteiger partial charge is 0.379 e. The summed E-state index contributed by atoms with van der Waals surface area (Å²) in [6, 6.07) is 5.91. The second kappa shape index (κ2) is 4.31. The normalized spacial score (nSPS) is 23.5. The Bertz CT molecular complexity index is 458. The minimum Gasteiger partial charge on any atom is -0.379 e. The molecular weight excluding hydrogens is 284 g/mol. The standard InChI is InChI=1S/C12H13BrN2O2/c13-8-1-2-10-11(5-8)14-7-15(12(10)16)9-3-4-17-6-9/h1-2,5,9,14H,3-4,6-7H2/t9-/m0/s1. The number of fused-ring (bicyclic) bond motifs is 1. The van der Waals surface area contributed by atoms with Crippen LogP contribution in [-0.4, -0.2) is 36.7 Å². The molecule has 1 amide bonds. The third-order valence-electron chi connectivity index (χ3n) is 3.26. The third kappa shape index (κ3) is 1.93. The van der Waals surface area contributed by atoms with Crippen LogP contribution in [0.1, 0.15) is 16.8 Å². The molecule has 2 aliphatic heterocycles. The Morgan fingerprint density at radius 1 is 1.47 bits per heavy atom. The number of anilines is 1. The Morgan fingerprint density at radius 2 is 2.35 bits per heavy atom. The van der Waals surface area contributed by atoms with Gasteiger partial charge in [0.2, 0.25) is 0 Å². The van der Waals surface area contributed by atoms with Crippen molar-refractivity contribution in [1.82, 2.24) is 4.90 Å². The van der Waals surface area contributed by atoms with E-state index in [4.69, 9.17) is 4.74 Å². The van der Waals surface area contributed by atoms with Crippen molar-refractivity contribution in [3.8, 4) is 0 Å². The number of benzene rings is 1. The SMILES string of the molecule is O=C1c2ccc(Br)cc2NCN1[C@H]1CCOC1. The first-order valence-corrected chi connectivity index (χ1v) is 6.47. The summed E-state index contributed by atoms with van der Waals surface area (Å²) < 4.78 is 6.32. The van der Waals surface area contributed by atoms with E-state index in [1.165, 1.54) is 0 Å². The van der Waals surface area contributed by atoms with Gasteiger partial charge in [0.1, 0.15) is 0 Å². The van der Waals surface area contributed by atoms with E-state index < -0.39 is 0 Å². The van der Waals surface area contributed by atoms with Crippen molar-refractivity contribution in [1.29, 1.82) is 0 Å². The molecule has 1 saturated heterocycles. The quantitative estimate of drug-likeness (QED) is 0.862. The average Bonchev–Trinajstić information content (AvgIpc) is 2.82. The first kappa shape index (κ1) is 11.0. The summed E-state index contributed by atoms with van der Waals surface area (Å²) in [4.78, 5) is 14.2. The van der Waals surface area contributed by atoms with E-state index in [9.17, 15) is 4.79 Å². The lowest BCUT2D eigenvalue weighted by Gasteiger charge is -2.33. The van der Waals surface area contributed by atoms with Gasteiger partial charge >= 0.3 is 0 Å². The monoisotopic (exact) mass is 296 g/mol. The van der Waals surface area contributed by atoms with Gasteiger partial charge in [0.05, 0.1) is 24.9 Å². The Morgan fingerprint density at radius 3 is 3.12 bits per heavy atom. The first-order valence-electron chi connectivity index (χ1n) is 5.68. The Hall–Kier alpha value is -1.07. The molecule has 0 radical (unpaired) electrons. The van der Waals surface area contributed by atoms with Crippen molar-refractivity contribution in [2.24, 2.45) is 0 Å². The first-order chi connectivity index (χ1) is 8.25. The van der Waals surface area contributed by atoms with E-state index in [1.807, 2.05) is 23.1 Å². The van der Waals surface area contributed by atoms with Gasteiger partial charge in [-0.2, -0.15) is 0 Å². The highest BCUT2D eigenvalue weighted by atomic mass is 79.9. The molecule has 1 aromatic carbocycles. The predicted molar refractivity (Wildman–Crippen MR) is 68.0 cm³/mol. The number of nitrogens with one attached hydrogen (secondary N) is 1. The predicted octanol–water partition coefficient (Wildman–Crippen LogP) is 2.06. The second-order valence-corrected chi connectivity index (χ2v) is 5.23. The molecule has 5 heteroatoms. The van der Waals surface area contributed by atoms with Crippen LogP contribution < -0.4 is 5.32 Å². The van der Waals surface area contributed by atoms with Crippen LogP contribution in [-0.2, 0) is 4.74 Å². The Kier molecular flexibility index (Phi) is 2.80. The van der Waals surface area contributed by atoms with Crippen molar-refractivity contribution in [3.63, 3.8) is 0 Å². The highest BCUT2D eigenvalue weighted by molar-refractivity contribution is 9.10. The summed E-state index contributed by atoms with van der Waals surface area (Å²) in [7, 11) is 0. The molecule has 4 nitrogen and oxygen atoms in total. The highest BCUT2D eigenvalue weighted by Crippen LogP contribution is 2.28. The molecular formula is C12H13BrN2O2. The summed E-state index contributed by atoms with van der Waals surface area (Å²) in [5.74, 6) is 0.0988. The smallest absolute Gasteiger partial charge is 0.257 e. The number of ether oxygens (including phenoxy) is 1. The zero-order valence-electron chi connectivity index (χ0n) is 9.28. The van der Waals surface area contributed by atoms with Crippen LogP contribution in [0.5, 0.6) is 0 Å². The molecule has 0 aliphatic carbocycles. The van der Waals surface area contributed by atoms with Gasteiger partial charge in [-0.1, -0.05) is 15.9 Å². The van der Waals surface area contributed by atoms with E-state index in [-0.39, 0.29) is 11.9 Å². The lowest BCUT2D eigenvalue weighted by molar-refractivity contribution is 0.0660. The van der Waals surface area contributed by atoms with Crippen molar-refractivity contribution in [3.05, 3.63) is 28.2 Å². The van der Waals surface area contributed by atoms with E-state index in [1.54, 1.807) is 0 Å². The molecule has 0 saturated carbocycles. The summed E-state index contributed by atoms with van der Waals surface area (Å²) in [6.45, 7) is 1.97. The number of hydrogen-bond acceptors (Lipinski definition) is 3. The van der Waals surface area contributed by atoms with Gasteiger partial charge < -0.3 is 15.0 Å². The number of nitrogens with zero attached hydrogens (tertiary/aromatic N) is 1. The van der Waals surface area contributed by atoms with Gasteiger partial charge in [-0.15, -0.1) is 0 Å². The fourth-order valence-corrected chi connectivity index (χ4v) is 2.67. The van der Waals surface area contributed by atoms with Crippen LogP contribution in [0.2, 0.25) is 0 Å². The molecule has 0 spiro atoms. The number of rotatable bonds is 1. The molecule has 0 aromatic heterocycles. The van der Waals surface area contributed by atoms with E-state index in [0.29, 0.717) is 13.3 Å². The van der Waals surface area contributed by atoms with Crippen LogP contribution in [0.15, 0.2) is 22.7 Å². The number of carbonyl (C=O) groups is 1. The van der Waals surface area contributed by atoms with Crippen molar-refractivity contribution < 1.29 is 9.53 Å². The number of halogens is 1. The van der Waals surface area contributed by atoms with Gasteiger partial charge in [0.15, 0.2) is 0 Å². The molecule has 0 bridgehead atoms. The van der Waals surface area contributed by atoms with E-state index in [2.05, 4.69) is 21.2 Å². The van der Waals surface area contributed by atoms with Crippen LogP contribution >= 0.6 is 15.9 Å². The maximum Gasteiger partial charge on any atom is 0.257 e. The van der Waals surface area contributed by atoms with Crippen molar-refractivity contribution in [2.75, 3.05) is 25.2 Å². The molecule has 0 unspecified atom stereocenters. The Labute approximate surface area is 108 Å². The maximum absolute atomic E-state index is 12.3.